The lowest BCUT2D eigenvalue weighted by Crippen LogP contribution is -2.34. The van der Waals surface area contributed by atoms with E-state index in [1.165, 1.54) is 37.3 Å². The first-order valence-electron chi connectivity index (χ1n) is 8.06. The van der Waals surface area contributed by atoms with Crippen molar-refractivity contribution in [3.8, 4) is 5.75 Å². The Morgan fingerprint density at radius 3 is 2.86 bits per heavy atom. The van der Waals surface area contributed by atoms with Crippen molar-refractivity contribution in [2.24, 2.45) is 5.92 Å². The van der Waals surface area contributed by atoms with Crippen LogP contribution < -0.4 is 4.74 Å². The van der Waals surface area contributed by atoms with Crippen LogP contribution in [0.5, 0.6) is 5.75 Å². The molecule has 2 atom stereocenters. The van der Waals surface area contributed by atoms with Crippen LogP contribution in [0.1, 0.15) is 37.7 Å². The van der Waals surface area contributed by atoms with Gasteiger partial charge in [0.15, 0.2) is 0 Å². The number of likely N-dealkylation sites (N-methyl/N-ethyl adjacent to an activating group) is 1. The third kappa shape index (κ3) is 2.59. The third-order valence-corrected chi connectivity index (χ3v) is 5.20. The number of ether oxygens (including phenoxy) is 1. The van der Waals surface area contributed by atoms with Crippen molar-refractivity contribution >= 4 is 5.57 Å². The van der Waals surface area contributed by atoms with E-state index < -0.39 is 0 Å². The van der Waals surface area contributed by atoms with E-state index in [4.69, 9.17) is 4.74 Å². The largest absolute Gasteiger partial charge is 0.493 e. The molecule has 1 aromatic carbocycles. The smallest absolute Gasteiger partial charge is 0.126 e. The number of benzene rings is 1. The number of nitrogens with zero attached hydrogens (tertiary/aromatic N) is 1. The van der Waals surface area contributed by atoms with Gasteiger partial charge in [0.2, 0.25) is 0 Å². The third-order valence-electron chi connectivity index (χ3n) is 5.20. The van der Waals surface area contributed by atoms with Gasteiger partial charge in [0.25, 0.3) is 0 Å². The SMILES string of the molecule is CN1C2C=C(c3cc(F)ccc3OCC3CC3)CC1CC2. The van der Waals surface area contributed by atoms with Crippen molar-refractivity contribution < 1.29 is 9.13 Å². The zero-order valence-corrected chi connectivity index (χ0v) is 12.5. The molecule has 0 radical (unpaired) electrons. The maximum Gasteiger partial charge on any atom is 0.126 e. The summed E-state index contributed by atoms with van der Waals surface area (Å²) in [6.07, 6.45) is 8.34. The molecule has 2 bridgehead atoms. The minimum atomic E-state index is -0.170. The van der Waals surface area contributed by atoms with Gasteiger partial charge in [-0.3, -0.25) is 4.90 Å². The van der Waals surface area contributed by atoms with Gasteiger partial charge in [-0.25, -0.2) is 4.39 Å². The fraction of sp³-hybridized carbons (Fsp3) is 0.556. The van der Waals surface area contributed by atoms with Crippen LogP contribution in [0.4, 0.5) is 4.39 Å². The maximum atomic E-state index is 13.7. The minimum absolute atomic E-state index is 0.170. The highest BCUT2D eigenvalue weighted by molar-refractivity contribution is 5.72. The Bertz CT molecular complexity index is 579. The molecule has 2 fully saturated rings. The summed E-state index contributed by atoms with van der Waals surface area (Å²) in [5.74, 6) is 1.40. The topological polar surface area (TPSA) is 12.5 Å². The predicted molar refractivity (Wildman–Crippen MR) is 81.8 cm³/mol. The molecule has 0 N–H and O–H groups in total. The van der Waals surface area contributed by atoms with Crippen LogP contribution in [-0.4, -0.2) is 30.6 Å². The molecule has 0 amide bonds. The van der Waals surface area contributed by atoms with Crippen molar-refractivity contribution in [3.63, 3.8) is 0 Å². The van der Waals surface area contributed by atoms with E-state index in [0.29, 0.717) is 18.0 Å². The number of hydrogen-bond donors (Lipinski definition) is 0. The molecule has 0 aromatic heterocycles. The molecule has 1 aliphatic carbocycles. The normalized spacial score (nSPS) is 28.6. The molecule has 3 aliphatic rings. The second kappa shape index (κ2) is 5.13. The summed E-state index contributed by atoms with van der Waals surface area (Å²) in [6.45, 7) is 0.776. The summed E-state index contributed by atoms with van der Waals surface area (Å²) in [5, 5.41) is 0. The molecule has 2 unspecified atom stereocenters. The van der Waals surface area contributed by atoms with Crippen LogP contribution >= 0.6 is 0 Å². The van der Waals surface area contributed by atoms with E-state index in [-0.39, 0.29) is 5.82 Å². The monoisotopic (exact) mass is 287 g/mol. The van der Waals surface area contributed by atoms with Gasteiger partial charge in [0.05, 0.1) is 6.61 Å². The van der Waals surface area contributed by atoms with Gasteiger partial charge >= 0.3 is 0 Å². The molecule has 2 aliphatic heterocycles. The molecule has 0 spiro atoms. The zero-order valence-electron chi connectivity index (χ0n) is 12.5. The predicted octanol–water partition coefficient (Wildman–Crippen LogP) is 3.86. The number of fused-ring (bicyclic) bond motifs is 2. The van der Waals surface area contributed by atoms with Crippen LogP contribution in [0.25, 0.3) is 5.57 Å². The van der Waals surface area contributed by atoms with Crippen LogP contribution in [0.15, 0.2) is 24.3 Å². The molecule has 1 saturated heterocycles. The Morgan fingerprint density at radius 2 is 2.10 bits per heavy atom. The number of halogens is 1. The molecule has 2 heterocycles. The number of hydrogen-bond acceptors (Lipinski definition) is 2. The Labute approximate surface area is 125 Å². The first-order chi connectivity index (χ1) is 10.2. The second-order valence-electron chi connectivity index (χ2n) is 6.75. The average molecular weight is 287 g/mol. The van der Waals surface area contributed by atoms with Crippen molar-refractivity contribution in [1.82, 2.24) is 4.90 Å². The van der Waals surface area contributed by atoms with Gasteiger partial charge in [0.1, 0.15) is 11.6 Å². The van der Waals surface area contributed by atoms with Crippen LogP contribution in [0.3, 0.4) is 0 Å². The van der Waals surface area contributed by atoms with Gasteiger partial charge in [-0.15, -0.1) is 0 Å². The van der Waals surface area contributed by atoms with Crippen LogP contribution in [0.2, 0.25) is 0 Å². The Kier molecular flexibility index (Phi) is 3.26. The summed E-state index contributed by atoms with van der Waals surface area (Å²) in [4.78, 5) is 2.45. The highest BCUT2D eigenvalue weighted by Gasteiger charge is 2.34. The highest BCUT2D eigenvalue weighted by Crippen LogP contribution is 2.40. The fourth-order valence-electron chi connectivity index (χ4n) is 3.61. The Balaban J connectivity index is 1.63. The van der Waals surface area contributed by atoms with Gasteiger partial charge in [-0.1, -0.05) is 6.08 Å². The number of rotatable bonds is 4. The van der Waals surface area contributed by atoms with E-state index >= 15 is 0 Å². The summed E-state index contributed by atoms with van der Waals surface area (Å²) in [5.41, 5.74) is 2.24. The standard InChI is InChI=1S/C18H22FNO/c1-20-15-5-6-16(20)9-13(8-15)17-10-14(19)4-7-18(17)21-11-12-2-3-12/h4,7-8,10,12,15-16H,2-3,5-6,9,11H2,1H3. The molecule has 1 saturated carbocycles. The van der Waals surface area contributed by atoms with E-state index in [9.17, 15) is 4.39 Å². The Hall–Kier alpha value is -1.35. The summed E-state index contributed by atoms with van der Waals surface area (Å²) in [7, 11) is 2.20. The molecule has 2 nitrogen and oxygen atoms in total. The highest BCUT2D eigenvalue weighted by atomic mass is 19.1. The van der Waals surface area contributed by atoms with Gasteiger partial charge < -0.3 is 4.74 Å². The van der Waals surface area contributed by atoms with E-state index in [1.807, 2.05) is 0 Å². The van der Waals surface area contributed by atoms with Gasteiger partial charge in [0, 0.05) is 17.6 Å². The molecule has 21 heavy (non-hydrogen) atoms. The molecular formula is C18H22FNO. The molecular weight excluding hydrogens is 265 g/mol. The van der Waals surface area contributed by atoms with Crippen molar-refractivity contribution in [3.05, 3.63) is 35.7 Å². The van der Waals surface area contributed by atoms with Gasteiger partial charge in [-0.05, 0) is 68.8 Å². The molecule has 112 valence electrons. The lowest BCUT2D eigenvalue weighted by atomic mass is 9.94. The quantitative estimate of drug-likeness (QED) is 0.833. The summed E-state index contributed by atoms with van der Waals surface area (Å²) < 4.78 is 19.7. The average Bonchev–Trinajstić information content (AvgIpc) is 3.27. The zero-order chi connectivity index (χ0) is 14.4. The molecule has 1 aromatic rings. The second-order valence-corrected chi connectivity index (χ2v) is 6.75. The maximum absolute atomic E-state index is 13.7. The van der Waals surface area contributed by atoms with E-state index in [1.54, 1.807) is 12.1 Å². The van der Waals surface area contributed by atoms with Crippen molar-refractivity contribution in [2.45, 2.75) is 44.2 Å². The van der Waals surface area contributed by atoms with Gasteiger partial charge in [-0.2, -0.15) is 0 Å². The van der Waals surface area contributed by atoms with E-state index in [2.05, 4.69) is 18.0 Å². The van der Waals surface area contributed by atoms with Crippen LogP contribution in [-0.2, 0) is 0 Å². The lowest BCUT2D eigenvalue weighted by Gasteiger charge is -2.31. The van der Waals surface area contributed by atoms with E-state index in [0.717, 1.165) is 24.3 Å². The fourth-order valence-corrected chi connectivity index (χ4v) is 3.61. The first kappa shape index (κ1) is 13.3. The summed E-state index contributed by atoms with van der Waals surface area (Å²) in [6, 6.07) is 6.08. The molecule has 3 heteroatoms. The van der Waals surface area contributed by atoms with Crippen LogP contribution in [0, 0.1) is 11.7 Å². The Morgan fingerprint density at radius 1 is 1.24 bits per heavy atom. The minimum Gasteiger partial charge on any atom is -0.493 e. The lowest BCUT2D eigenvalue weighted by molar-refractivity contribution is 0.263. The first-order valence-corrected chi connectivity index (χ1v) is 8.06. The molecule has 4 rings (SSSR count). The summed E-state index contributed by atoms with van der Waals surface area (Å²) >= 11 is 0. The van der Waals surface area contributed by atoms with Crippen molar-refractivity contribution in [1.29, 1.82) is 0 Å². The van der Waals surface area contributed by atoms with Crippen molar-refractivity contribution in [2.75, 3.05) is 13.7 Å².